The number of amides is 2. The normalized spacial score (nSPS) is 22.0. The molecule has 0 bridgehead atoms. The van der Waals surface area contributed by atoms with E-state index in [1.807, 2.05) is 121 Å². The van der Waals surface area contributed by atoms with E-state index in [2.05, 4.69) is 0 Å². The third-order valence-electron chi connectivity index (χ3n) is 8.45. The van der Waals surface area contributed by atoms with Gasteiger partial charge in [-0.15, -0.1) is 0 Å². The smallest absolute Gasteiger partial charge is 0.320 e. The van der Waals surface area contributed by atoms with E-state index in [1.54, 1.807) is 0 Å². The highest BCUT2D eigenvalue weighted by Crippen LogP contribution is 2.28. The summed E-state index contributed by atoms with van der Waals surface area (Å²) >= 11 is 0. The van der Waals surface area contributed by atoms with E-state index in [0.29, 0.717) is 25.7 Å². The summed E-state index contributed by atoms with van der Waals surface area (Å²) in [5.74, 6) is 0. The van der Waals surface area contributed by atoms with E-state index in [0.717, 1.165) is 22.3 Å². The average molecular weight is 595 g/mol. The number of carbonyl (C=O) groups excluding carboxylic acids is 1. The zero-order valence-electron chi connectivity index (χ0n) is 24.8. The fourth-order valence-corrected chi connectivity index (χ4v) is 6.23. The molecule has 4 aromatic rings. The second kappa shape index (κ2) is 15.1. The first kappa shape index (κ1) is 31.4. The van der Waals surface area contributed by atoms with E-state index in [4.69, 9.17) is 0 Å². The number of benzene rings is 4. The van der Waals surface area contributed by atoms with Crippen LogP contribution in [0.3, 0.4) is 0 Å². The van der Waals surface area contributed by atoms with Crippen LogP contribution in [0.5, 0.6) is 0 Å². The highest BCUT2D eigenvalue weighted by atomic mass is 16.3. The lowest BCUT2D eigenvalue weighted by Gasteiger charge is -2.37. The SMILES string of the molecule is O=C1N(CC(O)Cc2ccccc2)[C@H](Cc2ccccc2)[C@H](O)[C@@H](O)[C@@H](Cc2ccccc2)N1CC(O)Cc1ccccc1. The third kappa shape index (κ3) is 8.12. The lowest BCUT2D eigenvalue weighted by molar-refractivity contribution is -0.0448. The standard InChI is InChI=1S/C37H42N2O5/c40-31(21-27-13-5-1-6-14-27)25-38-33(23-29-17-9-3-10-18-29)35(42)36(43)34(24-30-19-11-4-12-20-30)39(37(38)44)26-32(41)22-28-15-7-2-8-16-28/h1-20,31-36,40-43H,21-26H2/t31?,32?,33-,34-,35+,36+/m1/s1. The second-order valence-corrected chi connectivity index (χ2v) is 11.8. The molecule has 1 aliphatic rings. The topological polar surface area (TPSA) is 104 Å². The molecule has 4 aromatic carbocycles. The number of urea groups is 1. The van der Waals surface area contributed by atoms with Crippen molar-refractivity contribution in [2.75, 3.05) is 13.1 Å². The van der Waals surface area contributed by atoms with Gasteiger partial charge in [0.2, 0.25) is 0 Å². The molecular weight excluding hydrogens is 552 g/mol. The molecule has 44 heavy (non-hydrogen) atoms. The Morgan fingerprint density at radius 2 is 0.795 bits per heavy atom. The second-order valence-electron chi connectivity index (χ2n) is 11.8. The summed E-state index contributed by atoms with van der Waals surface area (Å²) in [5.41, 5.74) is 3.66. The third-order valence-corrected chi connectivity index (χ3v) is 8.45. The van der Waals surface area contributed by atoms with Gasteiger partial charge >= 0.3 is 6.03 Å². The maximum Gasteiger partial charge on any atom is 0.320 e. The largest absolute Gasteiger partial charge is 0.391 e. The fourth-order valence-electron chi connectivity index (χ4n) is 6.23. The Morgan fingerprint density at radius 3 is 1.11 bits per heavy atom. The number of β-amino-alcohol motifs (C(OH)–C–C–N with tert-alkyl or cyclic N) is 2. The highest BCUT2D eigenvalue weighted by molar-refractivity contribution is 5.76. The first-order valence-corrected chi connectivity index (χ1v) is 15.3. The lowest BCUT2D eigenvalue weighted by atomic mass is 9.90. The maximum absolute atomic E-state index is 14.6. The Morgan fingerprint density at radius 1 is 0.500 bits per heavy atom. The first-order valence-electron chi connectivity index (χ1n) is 15.3. The van der Waals surface area contributed by atoms with Gasteiger partial charge in [-0.25, -0.2) is 4.79 Å². The molecule has 0 aliphatic carbocycles. The quantitative estimate of drug-likeness (QED) is 0.199. The van der Waals surface area contributed by atoms with Crippen LogP contribution in [0.4, 0.5) is 4.79 Å². The Labute approximate surface area is 259 Å². The van der Waals surface area contributed by atoms with Crippen LogP contribution in [0.15, 0.2) is 121 Å². The minimum Gasteiger partial charge on any atom is -0.391 e. The zero-order chi connectivity index (χ0) is 30.9. The van der Waals surface area contributed by atoms with Gasteiger partial charge in [-0.3, -0.25) is 0 Å². The molecule has 230 valence electrons. The van der Waals surface area contributed by atoms with Crippen molar-refractivity contribution in [1.29, 1.82) is 0 Å². The van der Waals surface area contributed by atoms with E-state index < -0.39 is 42.5 Å². The summed E-state index contributed by atoms with van der Waals surface area (Å²) in [4.78, 5) is 17.6. The molecule has 2 amide bonds. The number of aliphatic hydroxyl groups is 4. The summed E-state index contributed by atoms with van der Waals surface area (Å²) in [5, 5.41) is 46.1. The predicted molar refractivity (Wildman–Crippen MR) is 171 cm³/mol. The summed E-state index contributed by atoms with van der Waals surface area (Å²) in [7, 11) is 0. The lowest BCUT2D eigenvalue weighted by Crippen LogP contribution is -2.55. The van der Waals surface area contributed by atoms with Gasteiger partial charge in [-0.1, -0.05) is 121 Å². The van der Waals surface area contributed by atoms with E-state index >= 15 is 0 Å². The Kier molecular flexibility index (Phi) is 10.8. The van der Waals surface area contributed by atoms with Crippen LogP contribution in [0.25, 0.3) is 0 Å². The van der Waals surface area contributed by atoms with Crippen molar-refractivity contribution in [3.8, 4) is 0 Å². The van der Waals surface area contributed by atoms with Crippen molar-refractivity contribution >= 4 is 6.03 Å². The minimum atomic E-state index is -1.30. The Balaban J connectivity index is 1.50. The van der Waals surface area contributed by atoms with Gasteiger partial charge in [0.15, 0.2) is 0 Å². The zero-order valence-corrected chi connectivity index (χ0v) is 24.8. The van der Waals surface area contributed by atoms with Gasteiger partial charge in [0.1, 0.15) is 12.2 Å². The number of rotatable bonds is 12. The van der Waals surface area contributed by atoms with Crippen LogP contribution in [0.1, 0.15) is 22.3 Å². The molecule has 2 unspecified atom stereocenters. The number of carbonyl (C=O) groups is 1. The number of nitrogens with zero attached hydrogens (tertiary/aromatic N) is 2. The van der Waals surface area contributed by atoms with E-state index in [1.165, 1.54) is 9.80 Å². The van der Waals surface area contributed by atoms with Gasteiger partial charge in [0.05, 0.1) is 24.3 Å². The van der Waals surface area contributed by atoms with Crippen molar-refractivity contribution in [3.63, 3.8) is 0 Å². The molecule has 6 atom stereocenters. The molecule has 1 heterocycles. The van der Waals surface area contributed by atoms with Gasteiger partial charge < -0.3 is 30.2 Å². The van der Waals surface area contributed by atoms with Crippen molar-refractivity contribution < 1.29 is 25.2 Å². The maximum atomic E-state index is 14.6. The van der Waals surface area contributed by atoms with Gasteiger partial charge in [0, 0.05) is 25.9 Å². The molecule has 1 aliphatic heterocycles. The molecule has 7 nitrogen and oxygen atoms in total. The van der Waals surface area contributed by atoms with Gasteiger partial charge in [-0.2, -0.15) is 0 Å². The number of aliphatic hydroxyl groups excluding tert-OH is 4. The molecule has 1 saturated heterocycles. The van der Waals surface area contributed by atoms with Crippen molar-refractivity contribution in [1.82, 2.24) is 9.80 Å². The summed E-state index contributed by atoms with van der Waals surface area (Å²) in [6.07, 6.45) is -3.18. The molecule has 0 aromatic heterocycles. The van der Waals surface area contributed by atoms with Crippen LogP contribution in [-0.4, -0.2) is 85.8 Å². The summed E-state index contributed by atoms with van der Waals surface area (Å²) < 4.78 is 0. The number of hydrogen-bond donors (Lipinski definition) is 4. The van der Waals surface area contributed by atoms with Crippen molar-refractivity contribution in [3.05, 3.63) is 144 Å². The Bertz CT molecular complexity index is 1310. The molecule has 4 N–H and O–H groups in total. The van der Waals surface area contributed by atoms with Crippen molar-refractivity contribution in [2.24, 2.45) is 0 Å². The molecule has 7 heteroatoms. The van der Waals surface area contributed by atoms with Crippen LogP contribution in [0, 0.1) is 0 Å². The molecule has 5 rings (SSSR count). The molecular formula is C37H42N2O5. The first-order chi connectivity index (χ1) is 21.4. The molecule has 0 spiro atoms. The van der Waals surface area contributed by atoms with Crippen LogP contribution < -0.4 is 0 Å². The predicted octanol–water partition coefficient (Wildman–Crippen LogP) is 3.88. The summed E-state index contributed by atoms with van der Waals surface area (Å²) in [6, 6.07) is 36.2. The summed E-state index contributed by atoms with van der Waals surface area (Å²) in [6.45, 7) is -0.0866. The van der Waals surface area contributed by atoms with Crippen LogP contribution >= 0.6 is 0 Å². The van der Waals surface area contributed by atoms with Gasteiger partial charge in [0.25, 0.3) is 0 Å². The fraction of sp³-hybridized carbons (Fsp3) is 0.324. The van der Waals surface area contributed by atoms with Crippen molar-refractivity contribution in [2.45, 2.75) is 62.2 Å². The highest BCUT2D eigenvalue weighted by Gasteiger charge is 2.47. The number of hydrogen-bond acceptors (Lipinski definition) is 5. The van der Waals surface area contributed by atoms with Crippen LogP contribution in [-0.2, 0) is 25.7 Å². The van der Waals surface area contributed by atoms with E-state index in [-0.39, 0.29) is 13.1 Å². The van der Waals surface area contributed by atoms with Crippen LogP contribution in [0.2, 0.25) is 0 Å². The molecule has 1 fully saturated rings. The van der Waals surface area contributed by atoms with Gasteiger partial charge in [-0.05, 0) is 35.1 Å². The van der Waals surface area contributed by atoms with E-state index in [9.17, 15) is 25.2 Å². The molecule has 0 saturated carbocycles. The monoisotopic (exact) mass is 594 g/mol. The molecule has 0 radical (unpaired) electrons. The minimum absolute atomic E-state index is 0.0433. The average Bonchev–Trinajstić information content (AvgIpc) is 3.10. The Hall–Kier alpha value is -4.01.